The quantitative estimate of drug-likeness (QED) is 0.573. The smallest absolute Gasteiger partial charge is 0.278 e. The van der Waals surface area contributed by atoms with Crippen molar-refractivity contribution in [1.82, 2.24) is 14.8 Å². The lowest BCUT2D eigenvalue weighted by Gasteiger charge is -2.21. The zero-order valence-electron chi connectivity index (χ0n) is 18.0. The van der Waals surface area contributed by atoms with Crippen LogP contribution < -0.4 is 0 Å². The molecule has 5 heteroatoms. The molecule has 1 aliphatic rings. The van der Waals surface area contributed by atoms with Gasteiger partial charge in [0.25, 0.3) is 11.8 Å². The second-order valence-corrected chi connectivity index (χ2v) is 7.92. The molecule has 0 unspecified atom stereocenters. The van der Waals surface area contributed by atoms with Crippen molar-refractivity contribution < 1.29 is 9.59 Å². The van der Waals surface area contributed by atoms with Crippen LogP contribution in [0, 0.1) is 13.8 Å². The molecule has 0 radical (unpaired) electrons. The maximum Gasteiger partial charge on any atom is 0.278 e. The second kappa shape index (κ2) is 8.56. The molecular weight excluding hydrogens is 386 g/mol. The molecule has 2 aromatic carbocycles. The molecule has 0 bridgehead atoms. The Hall–Kier alpha value is -3.73. The Bertz CT molecular complexity index is 1150. The molecule has 0 atom stereocenters. The van der Waals surface area contributed by atoms with Crippen molar-refractivity contribution in [3.05, 3.63) is 107 Å². The number of aryl methyl sites for hydroxylation is 2. The molecule has 2 amide bonds. The average molecular weight is 412 g/mol. The summed E-state index contributed by atoms with van der Waals surface area (Å²) in [4.78, 5) is 34.2. The van der Waals surface area contributed by atoms with Crippen LogP contribution in [0.3, 0.4) is 0 Å². The number of hydrogen-bond donors (Lipinski definition) is 0. The number of amides is 2. The summed E-state index contributed by atoms with van der Waals surface area (Å²) in [7, 11) is 1.87. The van der Waals surface area contributed by atoms with Gasteiger partial charge in [0.1, 0.15) is 5.70 Å². The predicted octanol–water partition coefficient (Wildman–Crippen LogP) is 4.11. The summed E-state index contributed by atoms with van der Waals surface area (Å²) in [6, 6.07) is 19.5. The van der Waals surface area contributed by atoms with Gasteiger partial charge in [0.2, 0.25) is 0 Å². The van der Waals surface area contributed by atoms with Gasteiger partial charge in [-0.25, -0.2) is 0 Å². The number of carbonyl (C=O) groups is 2. The lowest BCUT2D eigenvalue weighted by atomic mass is 9.99. The molecule has 5 nitrogen and oxygen atoms in total. The summed E-state index contributed by atoms with van der Waals surface area (Å²) in [6.07, 6.45) is 3.33. The molecule has 0 spiro atoms. The molecule has 1 aliphatic heterocycles. The molecule has 31 heavy (non-hydrogen) atoms. The van der Waals surface area contributed by atoms with E-state index in [-0.39, 0.29) is 18.4 Å². The van der Waals surface area contributed by atoms with E-state index < -0.39 is 0 Å². The summed E-state index contributed by atoms with van der Waals surface area (Å²) >= 11 is 0. The molecule has 0 N–H and O–H groups in total. The third kappa shape index (κ3) is 4.12. The number of imide groups is 1. The zero-order chi connectivity index (χ0) is 22.0. The van der Waals surface area contributed by atoms with Gasteiger partial charge in [-0.2, -0.15) is 0 Å². The molecule has 0 aliphatic carbocycles. The highest BCUT2D eigenvalue weighted by molar-refractivity contribution is 6.35. The predicted molar refractivity (Wildman–Crippen MR) is 121 cm³/mol. The van der Waals surface area contributed by atoms with Gasteiger partial charge < -0.3 is 4.90 Å². The number of benzene rings is 2. The van der Waals surface area contributed by atoms with Crippen LogP contribution in [0.2, 0.25) is 0 Å². The minimum absolute atomic E-state index is 0.219. The third-order valence-electron chi connectivity index (χ3n) is 5.67. The minimum Gasteiger partial charge on any atom is -0.365 e. The van der Waals surface area contributed by atoms with E-state index in [1.165, 1.54) is 4.90 Å². The first-order valence-electron chi connectivity index (χ1n) is 10.3. The van der Waals surface area contributed by atoms with Crippen molar-refractivity contribution in [3.8, 4) is 0 Å². The van der Waals surface area contributed by atoms with Crippen LogP contribution in [0.5, 0.6) is 0 Å². The Morgan fingerprint density at radius 1 is 0.839 bits per heavy atom. The maximum atomic E-state index is 13.5. The molecule has 156 valence electrons. The number of pyridine rings is 1. The van der Waals surface area contributed by atoms with Crippen molar-refractivity contribution in [2.45, 2.75) is 26.9 Å². The number of aromatic nitrogens is 1. The highest BCUT2D eigenvalue weighted by Crippen LogP contribution is 2.33. The number of likely N-dealkylation sites (N-methyl/N-ethyl adjacent to an activating group) is 1. The van der Waals surface area contributed by atoms with Gasteiger partial charge in [0, 0.05) is 26.0 Å². The number of hydrogen-bond acceptors (Lipinski definition) is 4. The number of rotatable bonds is 6. The standard InChI is InChI=1S/C26H25N3O2/c1-18-9-10-22(15-19(18)2)23-24(28(3)16-20-7-5-4-6-8-20)26(31)29(25(23)30)17-21-11-13-27-14-12-21/h4-15H,16-17H2,1-3H3. The van der Waals surface area contributed by atoms with E-state index in [0.717, 1.165) is 27.8 Å². The largest absolute Gasteiger partial charge is 0.365 e. The van der Waals surface area contributed by atoms with Crippen LogP contribution in [-0.2, 0) is 22.7 Å². The number of nitrogens with zero attached hydrogens (tertiary/aromatic N) is 3. The topological polar surface area (TPSA) is 53.5 Å². The molecule has 2 heterocycles. The van der Waals surface area contributed by atoms with Crippen LogP contribution in [-0.4, -0.2) is 33.6 Å². The molecule has 0 fully saturated rings. The van der Waals surface area contributed by atoms with E-state index in [1.807, 2.05) is 86.5 Å². The van der Waals surface area contributed by atoms with E-state index in [4.69, 9.17) is 0 Å². The molecule has 0 saturated carbocycles. The first-order valence-corrected chi connectivity index (χ1v) is 10.3. The lowest BCUT2D eigenvalue weighted by molar-refractivity contribution is -0.138. The second-order valence-electron chi connectivity index (χ2n) is 7.92. The summed E-state index contributed by atoms with van der Waals surface area (Å²) < 4.78 is 0. The van der Waals surface area contributed by atoms with Gasteiger partial charge in [0.15, 0.2) is 0 Å². The Morgan fingerprint density at radius 2 is 1.55 bits per heavy atom. The molecule has 4 rings (SSSR count). The SMILES string of the molecule is Cc1ccc(C2=C(N(C)Cc3ccccc3)C(=O)N(Cc3ccncc3)C2=O)cc1C. The Balaban J connectivity index is 1.75. The van der Waals surface area contributed by atoms with E-state index in [0.29, 0.717) is 17.8 Å². The Kier molecular flexibility index (Phi) is 5.67. The van der Waals surface area contributed by atoms with E-state index in [1.54, 1.807) is 12.4 Å². The molecule has 3 aromatic rings. The van der Waals surface area contributed by atoms with Crippen molar-refractivity contribution in [2.24, 2.45) is 0 Å². The van der Waals surface area contributed by atoms with Gasteiger partial charge in [-0.05, 0) is 53.8 Å². The normalized spacial score (nSPS) is 13.8. The summed E-state index contributed by atoms with van der Waals surface area (Å²) in [5, 5.41) is 0. The van der Waals surface area contributed by atoms with Gasteiger partial charge in [-0.3, -0.25) is 19.5 Å². The first-order chi connectivity index (χ1) is 15.0. The van der Waals surface area contributed by atoms with Crippen LogP contribution >= 0.6 is 0 Å². The van der Waals surface area contributed by atoms with Crippen LogP contribution in [0.4, 0.5) is 0 Å². The van der Waals surface area contributed by atoms with E-state index in [2.05, 4.69) is 4.98 Å². The Morgan fingerprint density at radius 3 is 2.23 bits per heavy atom. The monoisotopic (exact) mass is 411 g/mol. The van der Waals surface area contributed by atoms with Crippen molar-refractivity contribution >= 4 is 17.4 Å². The fourth-order valence-corrected chi connectivity index (χ4v) is 3.83. The average Bonchev–Trinajstić information content (AvgIpc) is 3.02. The van der Waals surface area contributed by atoms with E-state index in [9.17, 15) is 9.59 Å². The van der Waals surface area contributed by atoms with Crippen molar-refractivity contribution in [3.63, 3.8) is 0 Å². The molecule has 1 aromatic heterocycles. The van der Waals surface area contributed by atoms with Crippen molar-refractivity contribution in [2.75, 3.05) is 7.05 Å². The van der Waals surface area contributed by atoms with Crippen LogP contribution in [0.1, 0.15) is 27.8 Å². The minimum atomic E-state index is -0.270. The summed E-state index contributed by atoms with van der Waals surface area (Å²) in [5.74, 6) is -0.534. The third-order valence-corrected chi connectivity index (χ3v) is 5.67. The fourth-order valence-electron chi connectivity index (χ4n) is 3.83. The van der Waals surface area contributed by atoms with Crippen molar-refractivity contribution in [1.29, 1.82) is 0 Å². The molecule has 0 saturated heterocycles. The van der Waals surface area contributed by atoms with Gasteiger partial charge >= 0.3 is 0 Å². The summed E-state index contributed by atoms with van der Waals surface area (Å²) in [5.41, 5.74) is 5.84. The van der Waals surface area contributed by atoms with Crippen LogP contribution in [0.25, 0.3) is 5.57 Å². The van der Waals surface area contributed by atoms with Gasteiger partial charge in [-0.15, -0.1) is 0 Å². The first kappa shape index (κ1) is 20.5. The van der Waals surface area contributed by atoms with Crippen LogP contribution in [0.15, 0.2) is 78.8 Å². The fraction of sp³-hybridized carbons (Fsp3) is 0.192. The maximum absolute atomic E-state index is 13.5. The molecular formula is C26H25N3O2. The highest BCUT2D eigenvalue weighted by atomic mass is 16.2. The summed E-state index contributed by atoms with van der Waals surface area (Å²) in [6.45, 7) is 4.81. The highest BCUT2D eigenvalue weighted by Gasteiger charge is 2.40. The number of carbonyl (C=O) groups excluding carboxylic acids is 2. The lowest BCUT2D eigenvalue weighted by Crippen LogP contribution is -2.33. The van der Waals surface area contributed by atoms with E-state index >= 15 is 0 Å². The Labute approximate surface area is 182 Å². The van der Waals surface area contributed by atoms with Gasteiger partial charge in [-0.1, -0.05) is 48.5 Å². The van der Waals surface area contributed by atoms with Gasteiger partial charge in [0.05, 0.1) is 12.1 Å². The zero-order valence-corrected chi connectivity index (χ0v) is 18.0.